The van der Waals surface area contributed by atoms with Gasteiger partial charge in [-0.15, -0.1) is 0 Å². The topological polar surface area (TPSA) is 55.8 Å². The molecule has 0 unspecified atom stereocenters. The maximum Gasteiger partial charge on any atom is 0.309 e. The molecule has 0 radical (unpaired) electrons. The Labute approximate surface area is 160 Å². The molecule has 3 aliphatic carbocycles. The van der Waals surface area contributed by atoms with Gasteiger partial charge in [0.1, 0.15) is 0 Å². The highest BCUT2D eigenvalue weighted by Gasteiger charge is 2.53. The summed E-state index contributed by atoms with van der Waals surface area (Å²) >= 11 is 0. The van der Waals surface area contributed by atoms with Gasteiger partial charge in [0.15, 0.2) is 0 Å². The summed E-state index contributed by atoms with van der Waals surface area (Å²) in [5, 5.41) is 9.75. The molecule has 0 bridgehead atoms. The van der Waals surface area contributed by atoms with Crippen molar-refractivity contribution in [3.8, 4) is 0 Å². The zero-order valence-corrected chi connectivity index (χ0v) is 17.2. The van der Waals surface area contributed by atoms with Crippen molar-refractivity contribution in [2.45, 2.75) is 90.6 Å². The summed E-state index contributed by atoms with van der Waals surface area (Å²) in [6, 6.07) is 0. The SMILES string of the molecule is C1CCOC1.CCOC(=O)[C@@H]1CC[C@H]1CC.CC[C@@H]1CC[C@H]1C1(O)CC1. The van der Waals surface area contributed by atoms with Crippen LogP contribution in [0.4, 0.5) is 0 Å². The molecule has 3 saturated carbocycles. The fraction of sp³-hybridized carbons (Fsp3) is 0.955. The molecule has 152 valence electrons. The second-order valence-electron chi connectivity index (χ2n) is 8.38. The van der Waals surface area contributed by atoms with Crippen LogP contribution in [0.15, 0.2) is 0 Å². The van der Waals surface area contributed by atoms with Gasteiger partial charge in [-0.25, -0.2) is 0 Å². The fourth-order valence-electron chi connectivity index (χ4n) is 4.39. The second-order valence-corrected chi connectivity index (χ2v) is 8.38. The molecular formula is C22H40O4. The Balaban J connectivity index is 0.000000149. The monoisotopic (exact) mass is 368 g/mol. The third-order valence-corrected chi connectivity index (χ3v) is 6.75. The van der Waals surface area contributed by atoms with E-state index >= 15 is 0 Å². The first-order valence-electron chi connectivity index (χ1n) is 11.0. The molecule has 1 heterocycles. The van der Waals surface area contributed by atoms with Gasteiger partial charge in [0.05, 0.1) is 18.1 Å². The van der Waals surface area contributed by atoms with Crippen molar-refractivity contribution in [1.29, 1.82) is 0 Å². The minimum absolute atomic E-state index is 0.0191. The van der Waals surface area contributed by atoms with Crippen molar-refractivity contribution in [3.63, 3.8) is 0 Å². The number of rotatable bonds is 5. The lowest BCUT2D eigenvalue weighted by molar-refractivity contribution is -0.154. The fourth-order valence-corrected chi connectivity index (χ4v) is 4.39. The van der Waals surface area contributed by atoms with E-state index in [1.165, 1.54) is 38.5 Å². The Morgan fingerprint density at radius 1 is 1.00 bits per heavy atom. The van der Waals surface area contributed by atoms with Gasteiger partial charge in [-0.3, -0.25) is 4.79 Å². The van der Waals surface area contributed by atoms with Crippen molar-refractivity contribution in [2.75, 3.05) is 19.8 Å². The van der Waals surface area contributed by atoms with Crippen molar-refractivity contribution in [3.05, 3.63) is 0 Å². The van der Waals surface area contributed by atoms with E-state index in [9.17, 15) is 9.90 Å². The predicted octanol–water partition coefficient (Wildman–Crippen LogP) is 4.73. The van der Waals surface area contributed by atoms with Gasteiger partial charge in [-0.2, -0.15) is 0 Å². The minimum Gasteiger partial charge on any atom is -0.466 e. The zero-order valence-electron chi connectivity index (χ0n) is 17.2. The largest absolute Gasteiger partial charge is 0.466 e. The van der Waals surface area contributed by atoms with Crippen LogP contribution in [-0.2, 0) is 14.3 Å². The van der Waals surface area contributed by atoms with Gasteiger partial charge in [0.2, 0.25) is 0 Å². The quantitative estimate of drug-likeness (QED) is 0.713. The van der Waals surface area contributed by atoms with E-state index in [1.807, 2.05) is 6.92 Å². The van der Waals surface area contributed by atoms with Gasteiger partial charge in [0, 0.05) is 13.2 Å². The van der Waals surface area contributed by atoms with E-state index < -0.39 is 0 Å². The van der Waals surface area contributed by atoms with Crippen molar-refractivity contribution >= 4 is 5.97 Å². The van der Waals surface area contributed by atoms with E-state index in [0.29, 0.717) is 18.4 Å². The lowest BCUT2D eigenvalue weighted by atomic mass is 9.68. The van der Waals surface area contributed by atoms with Gasteiger partial charge < -0.3 is 14.6 Å². The van der Waals surface area contributed by atoms with Crippen LogP contribution in [0.1, 0.15) is 85.0 Å². The summed E-state index contributed by atoms with van der Waals surface area (Å²) in [6.07, 6.45) is 12.0. The summed E-state index contributed by atoms with van der Waals surface area (Å²) in [5.74, 6) is 2.38. The maximum absolute atomic E-state index is 11.2. The number of esters is 1. The first kappa shape index (κ1) is 21.7. The normalized spacial score (nSPS) is 33.4. The van der Waals surface area contributed by atoms with Crippen LogP contribution in [0.3, 0.4) is 0 Å². The highest BCUT2D eigenvalue weighted by Crippen LogP contribution is 2.54. The first-order valence-corrected chi connectivity index (χ1v) is 11.0. The Hall–Kier alpha value is -0.610. The van der Waals surface area contributed by atoms with Gasteiger partial charge in [-0.05, 0) is 76.0 Å². The number of ether oxygens (including phenoxy) is 2. The molecular weight excluding hydrogens is 328 g/mol. The molecule has 1 saturated heterocycles. The molecule has 1 aliphatic heterocycles. The molecule has 0 spiro atoms. The summed E-state index contributed by atoms with van der Waals surface area (Å²) in [7, 11) is 0. The molecule has 4 atom stereocenters. The Bertz CT molecular complexity index is 403. The molecule has 0 aromatic heterocycles. The van der Waals surface area contributed by atoms with E-state index in [2.05, 4.69) is 13.8 Å². The molecule has 26 heavy (non-hydrogen) atoms. The van der Waals surface area contributed by atoms with Crippen LogP contribution in [-0.4, -0.2) is 36.5 Å². The summed E-state index contributed by atoms with van der Waals surface area (Å²) in [4.78, 5) is 11.2. The highest BCUT2D eigenvalue weighted by molar-refractivity contribution is 5.73. The Morgan fingerprint density at radius 2 is 1.62 bits per heavy atom. The van der Waals surface area contributed by atoms with Crippen molar-refractivity contribution < 1.29 is 19.4 Å². The molecule has 4 aliphatic rings. The van der Waals surface area contributed by atoms with E-state index in [0.717, 1.165) is 44.8 Å². The van der Waals surface area contributed by atoms with Gasteiger partial charge in [-0.1, -0.05) is 26.7 Å². The van der Waals surface area contributed by atoms with Crippen LogP contribution in [0.2, 0.25) is 0 Å². The summed E-state index contributed by atoms with van der Waals surface area (Å²) in [6.45, 7) is 8.75. The van der Waals surface area contributed by atoms with Crippen LogP contribution < -0.4 is 0 Å². The molecule has 0 aromatic rings. The number of carbonyl (C=O) groups is 1. The molecule has 4 rings (SSSR count). The molecule has 4 heteroatoms. The molecule has 0 aromatic carbocycles. The Morgan fingerprint density at radius 3 is 1.92 bits per heavy atom. The minimum atomic E-state index is -0.182. The lowest BCUT2D eigenvalue weighted by Crippen LogP contribution is -2.37. The van der Waals surface area contributed by atoms with E-state index in [4.69, 9.17) is 9.47 Å². The van der Waals surface area contributed by atoms with Crippen molar-refractivity contribution in [1.82, 2.24) is 0 Å². The number of hydrogen-bond acceptors (Lipinski definition) is 4. The first-order chi connectivity index (χ1) is 12.6. The molecule has 4 fully saturated rings. The Kier molecular flexibility index (Phi) is 8.89. The second kappa shape index (κ2) is 10.7. The average Bonchev–Trinajstić information content (AvgIpc) is 3.03. The van der Waals surface area contributed by atoms with Gasteiger partial charge in [0.25, 0.3) is 0 Å². The third kappa shape index (κ3) is 5.95. The van der Waals surface area contributed by atoms with Crippen LogP contribution in [0.25, 0.3) is 0 Å². The molecule has 1 N–H and O–H groups in total. The van der Waals surface area contributed by atoms with Gasteiger partial charge >= 0.3 is 5.97 Å². The number of hydrogen-bond donors (Lipinski definition) is 1. The van der Waals surface area contributed by atoms with E-state index in [-0.39, 0.29) is 17.5 Å². The highest BCUT2D eigenvalue weighted by atomic mass is 16.5. The third-order valence-electron chi connectivity index (χ3n) is 6.75. The van der Waals surface area contributed by atoms with Crippen LogP contribution in [0.5, 0.6) is 0 Å². The van der Waals surface area contributed by atoms with Crippen molar-refractivity contribution in [2.24, 2.45) is 23.7 Å². The molecule has 4 nitrogen and oxygen atoms in total. The standard InChI is InChI=1S/C9H16O2.C9H16O.C4H8O/c1-3-7-5-6-8(7)9(10)11-4-2;1-2-7-3-4-8(7)9(10)5-6-9;1-2-4-5-3-1/h7-8H,3-6H2,1-2H3;7-8,10H,2-6H2,1H3;1-4H2/t2*7-,8-;/m11./s1. The summed E-state index contributed by atoms with van der Waals surface area (Å²) < 4.78 is 9.88. The van der Waals surface area contributed by atoms with Crippen LogP contribution in [0, 0.1) is 23.7 Å². The van der Waals surface area contributed by atoms with E-state index in [1.54, 1.807) is 0 Å². The lowest BCUT2D eigenvalue weighted by Gasteiger charge is -2.39. The predicted molar refractivity (Wildman–Crippen MR) is 104 cm³/mol. The molecule has 0 amide bonds. The summed E-state index contributed by atoms with van der Waals surface area (Å²) in [5.41, 5.74) is -0.182. The van der Waals surface area contributed by atoms with Crippen LogP contribution >= 0.6 is 0 Å². The average molecular weight is 369 g/mol. The number of carbonyl (C=O) groups excluding carboxylic acids is 1. The zero-order chi connectivity index (χ0) is 19.0. The number of aliphatic hydroxyl groups is 1. The smallest absolute Gasteiger partial charge is 0.309 e. The maximum atomic E-state index is 11.2.